The number of halogens is 1. The minimum absolute atomic E-state index is 0.0229. The van der Waals surface area contributed by atoms with Gasteiger partial charge in [0.1, 0.15) is 0 Å². The van der Waals surface area contributed by atoms with E-state index in [9.17, 15) is 14.3 Å². The summed E-state index contributed by atoms with van der Waals surface area (Å²) in [5.41, 5.74) is -0.264. The maximum Gasteiger partial charge on any atom is 0.358 e. The van der Waals surface area contributed by atoms with E-state index in [1.54, 1.807) is 13.0 Å². The number of methoxy groups -OCH3 is 1. The third kappa shape index (κ3) is 3.77. The lowest BCUT2D eigenvalue weighted by molar-refractivity contribution is 0.0685. The van der Waals surface area contributed by atoms with E-state index >= 15 is 0 Å². The largest absolute Gasteiger partial charge is 0.494 e. The average Bonchev–Trinajstić information content (AvgIpc) is 2.69. The van der Waals surface area contributed by atoms with Gasteiger partial charge < -0.3 is 24.2 Å². The van der Waals surface area contributed by atoms with Gasteiger partial charge in [-0.1, -0.05) is 6.07 Å². The standard InChI is InChI=1S/C18H20FN3O5/c1-3-27-15-14(18(23)24)20-16(11-5-4-6-12(25-2)13(11)19)21-17(15)22-7-9-26-10-8-22/h4-6H,3,7-10H2,1-2H3,(H,23,24). The Labute approximate surface area is 155 Å². The van der Waals surface area contributed by atoms with E-state index in [1.165, 1.54) is 19.2 Å². The van der Waals surface area contributed by atoms with Crippen LogP contribution in [-0.2, 0) is 4.74 Å². The molecule has 0 spiro atoms. The Balaban J connectivity index is 2.21. The molecule has 0 aliphatic carbocycles. The van der Waals surface area contributed by atoms with Crippen LogP contribution in [0.15, 0.2) is 18.2 Å². The van der Waals surface area contributed by atoms with Crippen LogP contribution in [-0.4, -0.2) is 61.1 Å². The second-order valence-corrected chi connectivity index (χ2v) is 5.71. The zero-order chi connectivity index (χ0) is 19.4. The normalized spacial score (nSPS) is 14.1. The number of anilines is 1. The lowest BCUT2D eigenvalue weighted by atomic mass is 10.1. The number of hydrogen-bond donors (Lipinski definition) is 1. The summed E-state index contributed by atoms with van der Waals surface area (Å²) in [4.78, 5) is 22.1. The summed E-state index contributed by atoms with van der Waals surface area (Å²) >= 11 is 0. The third-order valence-electron chi connectivity index (χ3n) is 4.07. The molecule has 1 aromatic heterocycles. The van der Waals surface area contributed by atoms with Crippen LogP contribution in [0.2, 0.25) is 0 Å². The third-order valence-corrected chi connectivity index (χ3v) is 4.07. The number of rotatable bonds is 6. The van der Waals surface area contributed by atoms with Crippen molar-refractivity contribution in [3.05, 3.63) is 29.7 Å². The van der Waals surface area contributed by atoms with Gasteiger partial charge in [-0.2, -0.15) is 0 Å². The number of nitrogens with zero attached hydrogens (tertiary/aromatic N) is 3. The zero-order valence-corrected chi connectivity index (χ0v) is 15.1. The maximum absolute atomic E-state index is 14.7. The average molecular weight is 377 g/mol. The quantitative estimate of drug-likeness (QED) is 0.819. The molecule has 0 bridgehead atoms. The van der Waals surface area contributed by atoms with Gasteiger partial charge in [-0.15, -0.1) is 0 Å². The van der Waals surface area contributed by atoms with Crippen LogP contribution in [0.3, 0.4) is 0 Å². The summed E-state index contributed by atoms with van der Waals surface area (Å²) in [7, 11) is 1.35. The molecule has 9 heteroatoms. The van der Waals surface area contributed by atoms with Crippen molar-refractivity contribution in [2.75, 3.05) is 44.9 Å². The van der Waals surface area contributed by atoms with Crippen molar-refractivity contribution < 1.29 is 28.5 Å². The predicted molar refractivity (Wildman–Crippen MR) is 95.1 cm³/mol. The molecule has 144 valence electrons. The number of aromatic carboxylic acids is 1. The van der Waals surface area contributed by atoms with Crippen molar-refractivity contribution in [2.45, 2.75) is 6.92 Å². The number of carbonyl (C=O) groups is 1. The Hall–Kier alpha value is -2.94. The van der Waals surface area contributed by atoms with Crippen molar-refractivity contribution in [1.82, 2.24) is 9.97 Å². The molecule has 8 nitrogen and oxygen atoms in total. The molecular formula is C18H20FN3O5. The maximum atomic E-state index is 14.7. The molecule has 0 atom stereocenters. The lowest BCUT2D eigenvalue weighted by Gasteiger charge is -2.29. The number of carboxylic acids is 1. The minimum atomic E-state index is -1.28. The number of hydrogen-bond acceptors (Lipinski definition) is 7. The van der Waals surface area contributed by atoms with Crippen molar-refractivity contribution in [3.8, 4) is 22.9 Å². The second kappa shape index (κ2) is 8.17. The topological polar surface area (TPSA) is 94.0 Å². The van der Waals surface area contributed by atoms with Crippen molar-refractivity contribution in [3.63, 3.8) is 0 Å². The Kier molecular flexibility index (Phi) is 5.70. The van der Waals surface area contributed by atoms with Crippen LogP contribution < -0.4 is 14.4 Å². The molecule has 2 heterocycles. The molecule has 0 amide bonds. The summed E-state index contributed by atoms with van der Waals surface area (Å²) in [6.07, 6.45) is 0. The van der Waals surface area contributed by atoms with E-state index in [2.05, 4.69) is 9.97 Å². The highest BCUT2D eigenvalue weighted by Gasteiger charge is 2.27. The van der Waals surface area contributed by atoms with Crippen LogP contribution >= 0.6 is 0 Å². The van der Waals surface area contributed by atoms with E-state index in [1.807, 2.05) is 4.90 Å². The SMILES string of the molecule is CCOc1c(C(=O)O)nc(-c2cccc(OC)c2F)nc1N1CCOCC1. The first-order valence-corrected chi connectivity index (χ1v) is 8.50. The Morgan fingerprint density at radius 3 is 2.70 bits per heavy atom. The van der Waals surface area contributed by atoms with Gasteiger partial charge in [0.2, 0.25) is 0 Å². The molecule has 1 fully saturated rings. The molecule has 1 aliphatic rings. The summed E-state index contributed by atoms with van der Waals surface area (Å²) in [6.45, 7) is 3.95. The van der Waals surface area contributed by atoms with Gasteiger partial charge in [-0.05, 0) is 19.1 Å². The van der Waals surface area contributed by atoms with Gasteiger partial charge in [0.15, 0.2) is 34.7 Å². The summed E-state index contributed by atoms with van der Waals surface area (Å²) in [5, 5.41) is 9.62. The monoisotopic (exact) mass is 377 g/mol. The molecule has 1 saturated heterocycles. The predicted octanol–water partition coefficient (Wildman–Crippen LogP) is 2.22. The first kappa shape index (κ1) is 18.8. The Morgan fingerprint density at radius 2 is 2.07 bits per heavy atom. The molecule has 3 rings (SSSR count). The molecule has 1 aromatic carbocycles. The van der Waals surface area contributed by atoms with E-state index in [0.29, 0.717) is 32.1 Å². The number of carboxylic acid groups (broad SMARTS) is 1. The molecule has 2 aromatic rings. The number of aromatic nitrogens is 2. The van der Waals surface area contributed by atoms with E-state index in [-0.39, 0.29) is 35.2 Å². The molecule has 0 unspecified atom stereocenters. The minimum Gasteiger partial charge on any atom is -0.494 e. The first-order valence-electron chi connectivity index (χ1n) is 8.50. The molecule has 27 heavy (non-hydrogen) atoms. The van der Waals surface area contributed by atoms with Crippen LogP contribution in [0, 0.1) is 5.82 Å². The van der Waals surface area contributed by atoms with Gasteiger partial charge in [0.05, 0.1) is 32.5 Å². The van der Waals surface area contributed by atoms with Crippen LogP contribution in [0.5, 0.6) is 11.5 Å². The Bertz CT molecular complexity index is 840. The summed E-state index contributed by atoms with van der Waals surface area (Å²) in [5.74, 6) is -1.58. The number of benzene rings is 1. The van der Waals surface area contributed by atoms with Gasteiger partial charge in [0.25, 0.3) is 0 Å². The molecule has 1 aliphatic heterocycles. The van der Waals surface area contributed by atoms with Gasteiger partial charge >= 0.3 is 5.97 Å². The second-order valence-electron chi connectivity index (χ2n) is 5.71. The summed E-state index contributed by atoms with van der Waals surface area (Å²) < 4.78 is 30.6. The highest BCUT2D eigenvalue weighted by Crippen LogP contribution is 2.34. The fraction of sp³-hybridized carbons (Fsp3) is 0.389. The molecular weight excluding hydrogens is 357 g/mol. The van der Waals surface area contributed by atoms with Crippen molar-refractivity contribution >= 4 is 11.8 Å². The fourth-order valence-corrected chi connectivity index (χ4v) is 2.81. The van der Waals surface area contributed by atoms with Crippen molar-refractivity contribution in [2.24, 2.45) is 0 Å². The molecule has 0 saturated carbocycles. The van der Waals surface area contributed by atoms with E-state index < -0.39 is 11.8 Å². The molecule has 1 N–H and O–H groups in total. The van der Waals surface area contributed by atoms with Gasteiger partial charge in [-0.25, -0.2) is 19.2 Å². The van der Waals surface area contributed by atoms with E-state index in [4.69, 9.17) is 14.2 Å². The van der Waals surface area contributed by atoms with E-state index in [0.717, 1.165) is 0 Å². The highest BCUT2D eigenvalue weighted by atomic mass is 19.1. The fourth-order valence-electron chi connectivity index (χ4n) is 2.81. The zero-order valence-electron chi connectivity index (χ0n) is 15.1. The van der Waals surface area contributed by atoms with Gasteiger partial charge in [-0.3, -0.25) is 0 Å². The van der Waals surface area contributed by atoms with Crippen molar-refractivity contribution in [1.29, 1.82) is 0 Å². The first-order chi connectivity index (χ1) is 13.1. The smallest absolute Gasteiger partial charge is 0.358 e. The highest BCUT2D eigenvalue weighted by molar-refractivity contribution is 5.91. The summed E-state index contributed by atoms with van der Waals surface area (Å²) in [6, 6.07) is 4.53. The molecule has 0 radical (unpaired) electrons. The number of ether oxygens (including phenoxy) is 3. The Morgan fingerprint density at radius 1 is 1.33 bits per heavy atom. The van der Waals surface area contributed by atoms with Crippen LogP contribution in [0.25, 0.3) is 11.4 Å². The van der Waals surface area contributed by atoms with Gasteiger partial charge in [0, 0.05) is 13.1 Å². The van der Waals surface area contributed by atoms with Crippen LogP contribution in [0.4, 0.5) is 10.2 Å². The lowest BCUT2D eigenvalue weighted by Crippen LogP contribution is -2.37. The van der Waals surface area contributed by atoms with Crippen LogP contribution in [0.1, 0.15) is 17.4 Å². The number of morpholine rings is 1.